The van der Waals surface area contributed by atoms with Crippen molar-refractivity contribution in [2.45, 2.75) is 104 Å². The zero-order valence-electron chi connectivity index (χ0n) is 19.8. The molecule has 3 unspecified atom stereocenters. The van der Waals surface area contributed by atoms with Gasteiger partial charge in [-0.1, -0.05) is 39.3 Å². The maximum atomic E-state index is 10.3. The standard InChI is InChI=1S/C27H46O3/c1-17(5-10-25(30)18(2)16-28)22-8-9-23-21-7-6-19-15-20(29)11-13-26(19,3)24(21)12-14-27(22,23)4/h6,17-18,20-25,28-30H,5,7-16H2,1-4H3/t17-,18?,20?,21+,22-,23+,24+,25?,26+,27-/m1/s1. The van der Waals surface area contributed by atoms with Crippen LogP contribution in [0, 0.1) is 46.3 Å². The van der Waals surface area contributed by atoms with Gasteiger partial charge in [0.05, 0.1) is 12.2 Å². The molecule has 0 spiro atoms. The molecule has 0 aromatic rings. The Morgan fingerprint density at radius 1 is 1.03 bits per heavy atom. The molecule has 0 saturated heterocycles. The second-order valence-corrected chi connectivity index (χ2v) is 12.2. The van der Waals surface area contributed by atoms with Crippen molar-refractivity contribution in [3.63, 3.8) is 0 Å². The second-order valence-electron chi connectivity index (χ2n) is 12.2. The third-order valence-corrected chi connectivity index (χ3v) is 10.7. The fraction of sp³-hybridized carbons (Fsp3) is 0.926. The van der Waals surface area contributed by atoms with Gasteiger partial charge >= 0.3 is 0 Å². The molecule has 10 atom stereocenters. The average molecular weight is 419 g/mol. The van der Waals surface area contributed by atoms with E-state index < -0.39 is 0 Å². The number of fused-ring (bicyclic) bond motifs is 5. The Labute approximate surface area is 184 Å². The Bertz CT molecular complexity index is 644. The quantitative estimate of drug-likeness (QED) is 0.511. The summed E-state index contributed by atoms with van der Waals surface area (Å²) in [5.41, 5.74) is 2.35. The molecule has 3 saturated carbocycles. The van der Waals surface area contributed by atoms with Crippen molar-refractivity contribution in [1.82, 2.24) is 0 Å². The number of aliphatic hydroxyl groups is 3. The van der Waals surface area contributed by atoms with E-state index >= 15 is 0 Å². The van der Waals surface area contributed by atoms with Crippen LogP contribution >= 0.6 is 0 Å². The first kappa shape index (κ1) is 22.8. The van der Waals surface area contributed by atoms with Gasteiger partial charge in [-0.3, -0.25) is 0 Å². The van der Waals surface area contributed by atoms with Crippen LogP contribution in [-0.2, 0) is 0 Å². The van der Waals surface area contributed by atoms with E-state index in [1.54, 1.807) is 5.57 Å². The van der Waals surface area contributed by atoms with Crippen molar-refractivity contribution >= 4 is 0 Å². The molecule has 3 N–H and O–H groups in total. The molecule has 30 heavy (non-hydrogen) atoms. The number of allylic oxidation sites excluding steroid dienone is 1. The Hall–Kier alpha value is -0.380. The van der Waals surface area contributed by atoms with Gasteiger partial charge in [0, 0.05) is 12.5 Å². The molecular weight excluding hydrogens is 372 g/mol. The molecule has 4 aliphatic carbocycles. The van der Waals surface area contributed by atoms with E-state index in [2.05, 4.69) is 26.8 Å². The van der Waals surface area contributed by atoms with Gasteiger partial charge in [-0.15, -0.1) is 0 Å². The number of hydrogen-bond acceptors (Lipinski definition) is 3. The molecule has 0 aromatic carbocycles. The van der Waals surface area contributed by atoms with Gasteiger partial charge in [0.15, 0.2) is 0 Å². The SMILES string of the molecule is CC(CO)C(O)CC[C@@H](C)[C@H]1CC[C@H]2[C@@H]3CC=C4CC(O)CC[C@]4(C)[C@H]3CC[C@]12C. The fourth-order valence-corrected chi connectivity index (χ4v) is 8.66. The Morgan fingerprint density at radius 2 is 1.80 bits per heavy atom. The third kappa shape index (κ3) is 3.71. The van der Waals surface area contributed by atoms with Gasteiger partial charge in [0.25, 0.3) is 0 Å². The van der Waals surface area contributed by atoms with E-state index in [0.717, 1.165) is 49.4 Å². The maximum Gasteiger partial charge on any atom is 0.0587 e. The number of rotatable bonds is 6. The smallest absolute Gasteiger partial charge is 0.0587 e. The monoisotopic (exact) mass is 418 g/mol. The van der Waals surface area contributed by atoms with Crippen molar-refractivity contribution in [2.24, 2.45) is 46.3 Å². The number of aliphatic hydroxyl groups excluding tert-OH is 3. The Kier molecular flexibility index (Phi) is 6.48. The maximum absolute atomic E-state index is 10.3. The summed E-state index contributed by atoms with van der Waals surface area (Å²) < 4.78 is 0. The average Bonchev–Trinajstić information content (AvgIpc) is 3.09. The van der Waals surface area contributed by atoms with E-state index in [0.29, 0.717) is 16.7 Å². The van der Waals surface area contributed by atoms with E-state index in [1.807, 2.05) is 6.92 Å². The minimum absolute atomic E-state index is 0.0162. The third-order valence-electron chi connectivity index (χ3n) is 10.7. The van der Waals surface area contributed by atoms with E-state index in [4.69, 9.17) is 0 Å². The first-order valence-electron chi connectivity index (χ1n) is 12.9. The van der Waals surface area contributed by atoms with Crippen molar-refractivity contribution in [3.05, 3.63) is 11.6 Å². The van der Waals surface area contributed by atoms with Crippen LogP contribution < -0.4 is 0 Å². The lowest BCUT2D eigenvalue weighted by molar-refractivity contribution is -0.0581. The predicted octanol–water partition coefficient (Wildman–Crippen LogP) is 5.33. The highest BCUT2D eigenvalue weighted by Gasteiger charge is 2.59. The summed E-state index contributed by atoms with van der Waals surface area (Å²) in [6, 6.07) is 0. The molecule has 4 aliphatic rings. The van der Waals surface area contributed by atoms with Crippen LogP contribution in [0.5, 0.6) is 0 Å². The lowest BCUT2D eigenvalue weighted by Gasteiger charge is -2.58. The van der Waals surface area contributed by atoms with Gasteiger partial charge in [0.2, 0.25) is 0 Å². The molecule has 4 rings (SSSR count). The molecule has 3 nitrogen and oxygen atoms in total. The fourth-order valence-electron chi connectivity index (χ4n) is 8.66. The molecule has 0 aliphatic heterocycles. The summed E-state index contributed by atoms with van der Waals surface area (Å²) >= 11 is 0. The molecule has 172 valence electrons. The van der Waals surface area contributed by atoms with Crippen LogP contribution in [-0.4, -0.2) is 34.1 Å². The van der Waals surface area contributed by atoms with E-state index in [1.165, 1.54) is 38.5 Å². The summed E-state index contributed by atoms with van der Waals surface area (Å²) in [7, 11) is 0. The molecule has 0 amide bonds. The normalized spacial score (nSPS) is 46.2. The lowest BCUT2D eigenvalue weighted by atomic mass is 9.47. The van der Waals surface area contributed by atoms with Crippen LogP contribution in [0.4, 0.5) is 0 Å². The van der Waals surface area contributed by atoms with Crippen LogP contribution in [0.1, 0.15) is 91.9 Å². The van der Waals surface area contributed by atoms with Crippen LogP contribution in [0.3, 0.4) is 0 Å². The molecule has 0 bridgehead atoms. The van der Waals surface area contributed by atoms with E-state index in [9.17, 15) is 15.3 Å². The Morgan fingerprint density at radius 3 is 2.53 bits per heavy atom. The predicted molar refractivity (Wildman–Crippen MR) is 122 cm³/mol. The Balaban J connectivity index is 1.46. The molecule has 3 heteroatoms. The highest BCUT2D eigenvalue weighted by Crippen LogP contribution is 2.67. The van der Waals surface area contributed by atoms with Crippen molar-refractivity contribution in [3.8, 4) is 0 Å². The number of hydrogen-bond donors (Lipinski definition) is 3. The van der Waals surface area contributed by atoms with Crippen molar-refractivity contribution < 1.29 is 15.3 Å². The molecule has 0 radical (unpaired) electrons. The van der Waals surface area contributed by atoms with Gasteiger partial charge in [-0.2, -0.15) is 0 Å². The highest BCUT2D eigenvalue weighted by atomic mass is 16.3. The van der Waals surface area contributed by atoms with Gasteiger partial charge < -0.3 is 15.3 Å². The van der Waals surface area contributed by atoms with Crippen LogP contribution in [0.2, 0.25) is 0 Å². The zero-order chi connectivity index (χ0) is 21.7. The van der Waals surface area contributed by atoms with Crippen molar-refractivity contribution in [2.75, 3.05) is 6.61 Å². The molecule has 3 fully saturated rings. The van der Waals surface area contributed by atoms with Crippen molar-refractivity contribution in [1.29, 1.82) is 0 Å². The first-order valence-corrected chi connectivity index (χ1v) is 12.9. The highest BCUT2D eigenvalue weighted by molar-refractivity contribution is 5.25. The minimum atomic E-state index is -0.373. The molecule has 0 aromatic heterocycles. The first-order chi connectivity index (χ1) is 14.2. The largest absolute Gasteiger partial charge is 0.396 e. The minimum Gasteiger partial charge on any atom is -0.396 e. The molecule has 0 heterocycles. The van der Waals surface area contributed by atoms with Crippen LogP contribution in [0.25, 0.3) is 0 Å². The van der Waals surface area contributed by atoms with Gasteiger partial charge in [-0.05, 0) is 105 Å². The van der Waals surface area contributed by atoms with Crippen LogP contribution in [0.15, 0.2) is 11.6 Å². The van der Waals surface area contributed by atoms with Gasteiger partial charge in [0.1, 0.15) is 0 Å². The lowest BCUT2D eigenvalue weighted by Crippen LogP contribution is -2.50. The zero-order valence-corrected chi connectivity index (χ0v) is 19.8. The summed E-state index contributed by atoms with van der Waals surface area (Å²) in [4.78, 5) is 0. The molecular formula is C27H46O3. The summed E-state index contributed by atoms with van der Waals surface area (Å²) in [5.74, 6) is 3.87. The topological polar surface area (TPSA) is 60.7 Å². The second kappa shape index (κ2) is 8.52. The van der Waals surface area contributed by atoms with Gasteiger partial charge in [-0.25, -0.2) is 0 Å². The summed E-state index contributed by atoms with van der Waals surface area (Å²) in [6.45, 7) is 9.56. The summed E-state index contributed by atoms with van der Waals surface area (Å²) in [5, 5.41) is 29.9. The summed E-state index contributed by atoms with van der Waals surface area (Å²) in [6.07, 6.45) is 13.7. The van der Waals surface area contributed by atoms with E-state index in [-0.39, 0.29) is 24.7 Å².